The van der Waals surface area contributed by atoms with Gasteiger partial charge in [-0.25, -0.2) is 0 Å². The Balaban J connectivity index is 2.21. The minimum atomic E-state index is 0.0995. The molecule has 2 unspecified atom stereocenters. The molecule has 0 bridgehead atoms. The summed E-state index contributed by atoms with van der Waals surface area (Å²) in [6.45, 7) is 4.32. The highest BCUT2D eigenvalue weighted by Gasteiger charge is 2.47. The summed E-state index contributed by atoms with van der Waals surface area (Å²) in [4.78, 5) is 5.59. The molecule has 0 saturated heterocycles. The maximum Gasteiger partial charge on any atom is 0.145 e. The smallest absolute Gasteiger partial charge is 0.145 e. The van der Waals surface area contributed by atoms with Crippen LogP contribution in [0.4, 0.5) is 0 Å². The van der Waals surface area contributed by atoms with Crippen LogP contribution in [0.5, 0.6) is 0 Å². The van der Waals surface area contributed by atoms with Gasteiger partial charge in [0.2, 0.25) is 0 Å². The average molecular weight is 167 g/mol. The average Bonchev–Trinajstić information content (AvgIpc) is 2.46. The van der Waals surface area contributed by atoms with Gasteiger partial charge in [0, 0.05) is 5.92 Å². The van der Waals surface area contributed by atoms with Crippen molar-refractivity contribution in [2.75, 3.05) is 0 Å². The molecule has 1 aliphatic heterocycles. The molecule has 0 aromatic heterocycles. The molecule has 0 N–H and O–H groups in total. The molecular weight excluding hydrogens is 150 g/mol. The zero-order valence-electron chi connectivity index (χ0n) is 7.97. The van der Waals surface area contributed by atoms with Gasteiger partial charge in [-0.05, 0) is 32.6 Å². The lowest BCUT2D eigenvalue weighted by atomic mass is 9.72. The summed E-state index contributed by atoms with van der Waals surface area (Å²) in [5, 5.41) is 4.14. The number of oxime groups is 1. The zero-order valence-corrected chi connectivity index (χ0v) is 7.97. The second kappa shape index (κ2) is 2.75. The van der Waals surface area contributed by atoms with E-state index in [-0.39, 0.29) is 5.60 Å². The molecule has 1 heterocycles. The second-order valence-electron chi connectivity index (χ2n) is 4.04. The number of hydrogen-bond acceptors (Lipinski definition) is 2. The maximum absolute atomic E-state index is 5.59. The first-order valence-electron chi connectivity index (χ1n) is 5.01. The largest absolute Gasteiger partial charge is 0.389 e. The lowest BCUT2D eigenvalue weighted by Gasteiger charge is -2.35. The van der Waals surface area contributed by atoms with Crippen LogP contribution in [0.1, 0.15) is 46.0 Å². The van der Waals surface area contributed by atoms with Crippen molar-refractivity contribution in [3.05, 3.63) is 0 Å². The fourth-order valence-electron chi connectivity index (χ4n) is 2.62. The van der Waals surface area contributed by atoms with Gasteiger partial charge in [0.1, 0.15) is 5.60 Å². The molecule has 2 atom stereocenters. The summed E-state index contributed by atoms with van der Waals surface area (Å²) in [6, 6.07) is 0. The highest BCUT2D eigenvalue weighted by atomic mass is 16.7. The molecule has 2 rings (SSSR count). The van der Waals surface area contributed by atoms with Crippen molar-refractivity contribution >= 4 is 5.71 Å². The van der Waals surface area contributed by atoms with E-state index in [9.17, 15) is 0 Å². The van der Waals surface area contributed by atoms with E-state index in [0.717, 1.165) is 6.42 Å². The predicted molar refractivity (Wildman–Crippen MR) is 49.2 cm³/mol. The Kier molecular flexibility index (Phi) is 1.85. The van der Waals surface area contributed by atoms with Gasteiger partial charge in [-0.3, -0.25) is 0 Å². The SMILES string of the molecule is CCC12CCCCC1C(C)=NO2. The van der Waals surface area contributed by atoms with Crippen LogP contribution in [0.3, 0.4) is 0 Å². The summed E-state index contributed by atoms with van der Waals surface area (Å²) >= 11 is 0. The molecule has 0 radical (unpaired) electrons. The van der Waals surface area contributed by atoms with Gasteiger partial charge in [-0.15, -0.1) is 0 Å². The Morgan fingerprint density at radius 2 is 2.42 bits per heavy atom. The third-order valence-electron chi connectivity index (χ3n) is 3.45. The maximum atomic E-state index is 5.59. The van der Waals surface area contributed by atoms with Crippen LogP contribution in [0.15, 0.2) is 5.16 Å². The van der Waals surface area contributed by atoms with Crippen molar-refractivity contribution in [1.29, 1.82) is 0 Å². The number of fused-ring (bicyclic) bond motifs is 1. The van der Waals surface area contributed by atoms with Gasteiger partial charge < -0.3 is 4.84 Å². The van der Waals surface area contributed by atoms with E-state index in [1.54, 1.807) is 0 Å². The first-order chi connectivity index (χ1) is 5.78. The van der Waals surface area contributed by atoms with E-state index in [1.165, 1.54) is 31.4 Å². The first kappa shape index (κ1) is 8.09. The van der Waals surface area contributed by atoms with Gasteiger partial charge in [0.05, 0.1) is 5.71 Å². The highest BCUT2D eigenvalue weighted by molar-refractivity contribution is 5.86. The molecule has 2 nitrogen and oxygen atoms in total. The molecular formula is C10H17NO. The van der Waals surface area contributed by atoms with Crippen LogP contribution in [-0.2, 0) is 4.84 Å². The van der Waals surface area contributed by atoms with Crippen LogP contribution in [0.25, 0.3) is 0 Å². The Bertz CT molecular complexity index is 212. The fourth-order valence-corrected chi connectivity index (χ4v) is 2.62. The van der Waals surface area contributed by atoms with Crippen molar-refractivity contribution in [1.82, 2.24) is 0 Å². The van der Waals surface area contributed by atoms with Crippen LogP contribution < -0.4 is 0 Å². The lowest BCUT2D eigenvalue weighted by molar-refractivity contribution is -0.0680. The van der Waals surface area contributed by atoms with E-state index in [2.05, 4.69) is 19.0 Å². The Morgan fingerprint density at radius 1 is 1.58 bits per heavy atom. The standard InChI is InChI=1S/C10H17NO/c1-3-10-7-5-4-6-9(10)8(2)11-12-10/h9H,3-7H2,1-2H3. The van der Waals surface area contributed by atoms with Gasteiger partial charge in [-0.1, -0.05) is 18.5 Å². The molecule has 0 amide bonds. The normalized spacial score (nSPS) is 40.2. The van der Waals surface area contributed by atoms with E-state index in [4.69, 9.17) is 4.84 Å². The summed E-state index contributed by atoms with van der Waals surface area (Å²) < 4.78 is 0. The zero-order chi connectivity index (χ0) is 8.60. The number of nitrogens with zero attached hydrogens (tertiary/aromatic N) is 1. The van der Waals surface area contributed by atoms with E-state index < -0.39 is 0 Å². The van der Waals surface area contributed by atoms with E-state index >= 15 is 0 Å². The van der Waals surface area contributed by atoms with Crippen molar-refractivity contribution in [2.24, 2.45) is 11.1 Å². The summed E-state index contributed by atoms with van der Waals surface area (Å²) in [5.41, 5.74) is 1.32. The van der Waals surface area contributed by atoms with E-state index in [1.807, 2.05) is 0 Å². The van der Waals surface area contributed by atoms with Crippen molar-refractivity contribution in [3.8, 4) is 0 Å². The summed E-state index contributed by atoms with van der Waals surface area (Å²) in [5.74, 6) is 0.622. The molecule has 1 aliphatic carbocycles. The van der Waals surface area contributed by atoms with Crippen LogP contribution >= 0.6 is 0 Å². The van der Waals surface area contributed by atoms with Crippen molar-refractivity contribution in [3.63, 3.8) is 0 Å². The molecule has 0 aromatic carbocycles. The summed E-state index contributed by atoms with van der Waals surface area (Å²) in [7, 11) is 0. The first-order valence-corrected chi connectivity index (χ1v) is 5.01. The minimum Gasteiger partial charge on any atom is -0.389 e. The highest BCUT2D eigenvalue weighted by Crippen LogP contribution is 2.43. The molecule has 0 aromatic rings. The molecule has 2 aliphatic rings. The molecule has 1 fully saturated rings. The van der Waals surface area contributed by atoms with Gasteiger partial charge in [0.25, 0.3) is 0 Å². The van der Waals surface area contributed by atoms with Gasteiger partial charge >= 0.3 is 0 Å². The predicted octanol–water partition coefficient (Wildman–Crippen LogP) is 2.73. The molecule has 1 saturated carbocycles. The molecule has 2 heteroatoms. The Hall–Kier alpha value is -0.530. The molecule has 12 heavy (non-hydrogen) atoms. The van der Waals surface area contributed by atoms with Gasteiger partial charge in [-0.2, -0.15) is 0 Å². The fraction of sp³-hybridized carbons (Fsp3) is 0.900. The van der Waals surface area contributed by atoms with Crippen LogP contribution in [-0.4, -0.2) is 11.3 Å². The Morgan fingerprint density at radius 3 is 3.08 bits per heavy atom. The third-order valence-corrected chi connectivity index (χ3v) is 3.45. The van der Waals surface area contributed by atoms with E-state index in [0.29, 0.717) is 5.92 Å². The minimum absolute atomic E-state index is 0.0995. The summed E-state index contributed by atoms with van der Waals surface area (Å²) in [6.07, 6.45) is 6.26. The monoisotopic (exact) mass is 167 g/mol. The third kappa shape index (κ3) is 0.970. The topological polar surface area (TPSA) is 21.6 Å². The van der Waals surface area contributed by atoms with Crippen molar-refractivity contribution < 1.29 is 4.84 Å². The van der Waals surface area contributed by atoms with Gasteiger partial charge in [0.15, 0.2) is 0 Å². The molecule has 68 valence electrons. The lowest BCUT2D eigenvalue weighted by Crippen LogP contribution is -2.40. The van der Waals surface area contributed by atoms with Crippen molar-refractivity contribution in [2.45, 2.75) is 51.6 Å². The second-order valence-corrected chi connectivity index (χ2v) is 4.04. The number of rotatable bonds is 1. The number of hydrogen-bond donors (Lipinski definition) is 0. The van der Waals surface area contributed by atoms with Crippen LogP contribution in [0.2, 0.25) is 0 Å². The van der Waals surface area contributed by atoms with Crippen LogP contribution in [0, 0.1) is 5.92 Å². The molecule has 0 spiro atoms. The quantitative estimate of drug-likeness (QED) is 0.588. The Labute approximate surface area is 74.0 Å².